The number of aryl methyl sites for hydroxylation is 1. The van der Waals surface area contributed by atoms with Crippen LogP contribution in [-0.2, 0) is 0 Å². The molecule has 1 rings (SSSR count). The molecule has 0 aromatic carbocycles. The predicted octanol–water partition coefficient (Wildman–Crippen LogP) is 1.98. The second-order valence-electron chi connectivity index (χ2n) is 4.95. The topological polar surface area (TPSA) is 83.0 Å². The molecule has 2 N–H and O–H groups in total. The predicted molar refractivity (Wildman–Crippen MR) is 74.4 cm³/mol. The molecule has 0 saturated carbocycles. The van der Waals surface area contributed by atoms with E-state index in [2.05, 4.69) is 11.1 Å². The lowest BCUT2D eigenvalue weighted by atomic mass is 10.1. The maximum atomic E-state index is 12.5. The van der Waals surface area contributed by atoms with Crippen LogP contribution < -0.4 is 5.73 Å². The Bertz CT molecular complexity index is 491. The number of hydrogen-bond donors (Lipinski definition) is 1. The molecule has 1 heterocycles. The number of hydrogen-bond acceptors (Lipinski definition) is 4. The van der Waals surface area contributed by atoms with Gasteiger partial charge in [-0.05, 0) is 18.9 Å². The van der Waals surface area contributed by atoms with Gasteiger partial charge in [0.15, 0.2) is 0 Å². The van der Waals surface area contributed by atoms with Gasteiger partial charge in [0, 0.05) is 13.1 Å². The molecule has 0 fully saturated rings. The van der Waals surface area contributed by atoms with Crippen molar-refractivity contribution in [1.82, 2.24) is 9.88 Å². The largest absolute Gasteiger partial charge is 0.397 e. The van der Waals surface area contributed by atoms with E-state index >= 15 is 0 Å². The molecule has 1 aromatic heterocycles. The van der Waals surface area contributed by atoms with Gasteiger partial charge in [0.2, 0.25) is 0 Å². The first-order valence-corrected chi connectivity index (χ1v) is 6.34. The summed E-state index contributed by atoms with van der Waals surface area (Å²) in [5, 5.41) is 8.68. The Labute approximate surface area is 114 Å². The van der Waals surface area contributed by atoms with Gasteiger partial charge in [-0.2, -0.15) is 5.26 Å². The number of anilines is 1. The second-order valence-corrected chi connectivity index (χ2v) is 4.95. The maximum absolute atomic E-state index is 12.5. The Kier molecular flexibility index (Phi) is 5.31. The standard InChI is InChI=1S/C14H20N4O/c1-10(2)9-18(6-4-5-15)14(19)13-7-12(16)8-17-11(13)3/h7-8,10H,4,6,9,16H2,1-3H3. The van der Waals surface area contributed by atoms with E-state index in [4.69, 9.17) is 11.0 Å². The van der Waals surface area contributed by atoms with Crippen molar-refractivity contribution in [2.24, 2.45) is 5.92 Å². The van der Waals surface area contributed by atoms with Crippen molar-refractivity contribution in [3.05, 3.63) is 23.5 Å². The van der Waals surface area contributed by atoms with Crippen LogP contribution in [0.25, 0.3) is 0 Å². The number of amides is 1. The average molecular weight is 260 g/mol. The zero-order valence-corrected chi connectivity index (χ0v) is 11.7. The van der Waals surface area contributed by atoms with Crippen LogP contribution in [0.1, 0.15) is 36.3 Å². The van der Waals surface area contributed by atoms with Crippen LogP contribution >= 0.6 is 0 Å². The zero-order valence-electron chi connectivity index (χ0n) is 11.7. The first-order valence-electron chi connectivity index (χ1n) is 6.34. The van der Waals surface area contributed by atoms with Crippen LogP contribution in [0.3, 0.4) is 0 Å². The molecular weight excluding hydrogens is 240 g/mol. The van der Waals surface area contributed by atoms with Crippen molar-refractivity contribution in [2.45, 2.75) is 27.2 Å². The molecule has 0 radical (unpaired) electrons. The first-order chi connectivity index (χ1) is 8.95. The van der Waals surface area contributed by atoms with Crippen LogP contribution in [0.15, 0.2) is 12.3 Å². The van der Waals surface area contributed by atoms with Gasteiger partial charge in [-0.3, -0.25) is 9.78 Å². The second kappa shape index (κ2) is 6.74. The Morgan fingerprint density at radius 1 is 1.58 bits per heavy atom. The highest BCUT2D eigenvalue weighted by Crippen LogP contribution is 2.14. The normalized spacial score (nSPS) is 10.3. The molecule has 19 heavy (non-hydrogen) atoms. The smallest absolute Gasteiger partial charge is 0.255 e. The highest BCUT2D eigenvalue weighted by Gasteiger charge is 2.19. The minimum Gasteiger partial charge on any atom is -0.397 e. The first kappa shape index (κ1) is 15.0. The van der Waals surface area contributed by atoms with Gasteiger partial charge in [-0.1, -0.05) is 13.8 Å². The Balaban J connectivity index is 2.97. The van der Waals surface area contributed by atoms with E-state index in [0.29, 0.717) is 42.4 Å². The summed E-state index contributed by atoms with van der Waals surface area (Å²) in [4.78, 5) is 18.3. The van der Waals surface area contributed by atoms with Crippen LogP contribution in [-0.4, -0.2) is 28.9 Å². The summed E-state index contributed by atoms with van der Waals surface area (Å²) in [5.41, 5.74) is 7.32. The lowest BCUT2D eigenvalue weighted by Crippen LogP contribution is -2.35. The number of rotatable bonds is 5. The zero-order chi connectivity index (χ0) is 14.4. The van der Waals surface area contributed by atoms with Crippen molar-refractivity contribution in [3.63, 3.8) is 0 Å². The van der Waals surface area contributed by atoms with Gasteiger partial charge < -0.3 is 10.6 Å². The van der Waals surface area contributed by atoms with E-state index < -0.39 is 0 Å². The fourth-order valence-corrected chi connectivity index (χ4v) is 1.84. The SMILES string of the molecule is Cc1ncc(N)cc1C(=O)N(CCC#N)CC(C)C. The summed E-state index contributed by atoms with van der Waals surface area (Å²) in [7, 11) is 0. The Morgan fingerprint density at radius 3 is 2.84 bits per heavy atom. The third-order valence-corrected chi connectivity index (χ3v) is 2.70. The van der Waals surface area contributed by atoms with Gasteiger partial charge in [0.05, 0.1) is 35.6 Å². The van der Waals surface area contributed by atoms with E-state index in [1.807, 2.05) is 13.8 Å². The molecule has 0 aliphatic carbocycles. The number of aromatic nitrogens is 1. The van der Waals surface area contributed by atoms with Crippen molar-refractivity contribution in [1.29, 1.82) is 5.26 Å². The lowest BCUT2D eigenvalue weighted by molar-refractivity contribution is 0.0738. The molecule has 5 nitrogen and oxygen atoms in total. The van der Waals surface area contributed by atoms with Crippen molar-refractivity contribution < 1.29 is 4.79 Å². The fraction of sp³-hybridized carbons (Fsp3) is 0.500. The van der Waals surface area contributed by atoms with Gasteiger partial charge in [-0.25, -0.2) is 0 Å². The van der Waals surface area contributed by atoms with Gasteiger partial charge in [0.1, 0.15) is 0 Å². The van der Waals surface area contributed by atoms with E-state index in [1.165, 1.54) is 6.20 Å². The van der Waals surface area contributed by atoms with E-state index in [-0.39, 0.29) is 5.91 Å². The van der Waals surface area contributed by atoms with Crippen molar-refractivity contribution in [2.75, 3.05) is 18.8 Å². The van der Waals surface area contributed by atoms with Crippen LogP contribution in [0, 0.1) is 24.2 Å². The lowest BCUT2D eigenvalue weighted by Gasteiger charge is -2.24. The molecule has 0 saturated heterocycles. The van der Waals surface area contributed by atoms with E-state index in [1.54, 1.807) is 17.9 Å². The number of nitrogens with two attached hydrogens (primary N) is 1. The number of nitriles is 1. The van der Waals surface area contributed by atoms with Crippen LogP contribution in [0.4, 0.5) is 5.69 Å². The van der Waals surface area contributed by atoms with Gasteiger partial charge in [-0.15, -0.1) is 0 Å². The maximum Gasteiger partial charge on any atom is 0.255 e. The van der Waals surface area contributed by atoms with Crippen molar-refractivity contribution >= 4 is 11.6 Å². The minimum atomic E-state index is -0.110. The monoisotopic (exact) mass is 260 g/mol. The highest BCUT2D eigenvalue weighted by molar-refractivity contribution is 5.96. The molecule has 0 bridgehead atoms. The number of nitrogens with zero attached hydrogens (tertiary/aromatic N) is 3. The van der Waals surface area contributed by atoms with E-state index in [9.17, 15) is 4.79 Å². The molecule has 5 heteroatoms. The summed E-state index contributed by atoms with van der Waals surface area (Å²) in [5.74, 6) is 0.234. The summed E-state index contributed by atoms with van der Waals surface area (Å²) in [6.45, 7) is 6.91. The third kappa shape index (κ3) is 4.25. The number of pyridine rings is 1. The molecule has 1 amide bonds. The molecule has 0 unspecified atom stereocenters. The fourth-order valence-electron chi connectivity index (χ4n) is 1.84. The molecule has 1 aromatic rings. The van der Waals surface area contributed by atoms with E-state index in [0.717, 1.165) is 0 Å². The number of carbonyl (C=O) groups is 1. The highest BCUT2D eigenvalue weighted by atomic mass is 16.2. The molecule has 0 aliphatic heterocycles. The summed E-state index contributed by atoms with van der Waals surface area (Å²) < 4.78 is 0. The molecular formula is C14H20N4O. The minimum absolute atomic E-state index is 0.110. The summed E-state index contributed by atoms with van der Waals surface area (Å²) in [6, 6.07) is 3.71. The number of nitrogen functional groups attached to an aromatic ring is 1. The average Bonchev–Trinajstić information content (AvgIpc) is 2.36. The van der Waals surface area contributed by atoms with Gasteiger partial charge >= 0.3 is 0 Å². The van der Waals surface area contributed by atoms with Crippen molar-refractivity contribution in [3.8, 4) is 6.07 Å². The van der Waals surface area contributed by atoms with Crippen LogP contribution in [0.5, 0.6) is 0 Å². The Morgan fingerprint density at radius 2 is 2.26 bits per heavy atom. The molecule has 0 spiro atoms. The molecule has 0 aliphatic rings. The van der Waals surface area contributed by atoms with Crippen LogP contribution in [0.2, 0.25) is 0 Å². The quantitative estimate of drug-likeness (QED) is 0.877. The Hall–Kier alpha value is -2.09. The summed E-state index contributed by atoms with van der Waals surface area (Å²) in [6.07, 6.45) is 1.86. The van der Waals surface area contributed by atoms with Gasteiger partial charge in [0.25, 0.3) is 5.91 Å². The number of carbonyl (C=O) groups excluding carboxylic acids is 1. The summed E-state index contributed by atoms with van der Waals surface area (Å²) >= 11 is 0. The molecule has 0 atom stereocenters. The third-order valence-electron chi connectivity index (χ3n) is 2.70. The molecule has 102 valence electrons.